The molecule has 0 aliphatic carbocycles. The molecule has 0 aliphatic rings. The lowest BCUT2D eigenvalue weighted by Gasteiger charge is -2.00. The number of nitrogens with one attached hydrogen (secondary N) is 1. The first kappa shape index (κ1) is 14.9. The predicted octanol–water partition coefficient (Wildman–Crippen LogP) is 1.89. The van der Waals surface area contributed by atoms with Crippen LogP contribution in [0.5, 0.6) is 0 Å². The number of carbonyl (C=O) groups excluding carboxylic acids is 1. The van der Waals surface area contributed by atoms with E-state index in [2.05, 4.69) is 15.5 Å². The molecule has 1 amide bonds. The van der Waals surface area contributed by atoms with Gasteiger partial charge in [0.25, 0.3) is 0 Å². The lowest BCUT2D eigenvalue weighted by molar-refractivity contribution is -0.113. The minimum Gasteiger partial charge on any atom is -0.360 e. The number of hydrogen-bond acceptors (Lipinski definition) is 6. The molecular formula is C12H15N3O3S2. The smallest absolute Gasteiger partial charge is 0.238 e. The second-order valence-corrected chi connectivity index (χ2v) is 6.59. The zero-order valence-electron chi connectivity index (χ0n) is 11.2. The van der Waals surface area contributed by atoms with Gasteiger partial charge in [-0.3, -0.25) is 9.00 Å². The Morgan fingerprint density at radius 1 is 1.55 bits per heavy atom. The number of anilines is 1. The number of nitrogens with zero attached hydrogens (tertiary/aromatic N) is 2. The van der Waals surface area contributed by atoms with E-state index < -0.39 is 10.8 Å². The summed E-state index contributed by atoms with van der Waals surface area (Å²) < 4.78 is 16.7. The molecule has 1 N–H and O–H groups in total. The zero-order chi connectivity index (χ0) is 14.5. The second kappa shape index (κ2) is 6.76. The largest absolute Gasteiger partial charge is 0.360 e. The van der Waals surface area contributed by atoms with Crippen molar-refractivity contribution in [2.45, 2.75) is 26.0 Å². The van der Waals surface area contributed by atoms with E-state index in [0.717, 1.165) is 17.1 Å². The van der Waals surface area contributed by atoms with E-state index in [-0.39, 0.29) is 11.7 Å². The highest BCUT2D eigenvalue weighted by molar-refractivity contribution is 7.84. The number of aryl methyl sites for hydroxylation is 2. The maximum Gasteiger partial charge on any atom is 0.238 e. The zero-order valence-corrected chi connectivity index (χ0v) is 12.8. The number of carbonyl (C=O) groups is 1. The van der Waals surface area contributed by atoms with Crippen LogP contribution < -0.4 is 5.32 Å². The van der Waals surface area contributed by atoms with Crippen LogP contribution in [-0.2, 0) is 27.8 Å². The van der Waals surface area contributed by atoms with Crippen LogP contribution in [0.4, 0.5) is 5.82 Å². The van der Waals surface area contributed by atoms with Crippen LogP contribution >= 0.6 is 11.3 Å². The van der Waals surface area contributed by atoms with Crippen molar-refractivity contribution in [2.24, 2.45) is 0 Å². The molecule has 0 aromatic carbocycles. The van der Waals surface area contributed by atoms with E-state index >= 15 is 0 Å². The molecule has 2 aromatic heterocycles. The maximum atomic E-state index is 11.9. The number of rotatable bonds is 6. The molecule has 0 spiro atoms. The van der Waals surface area contributed by atoms with E-state index in [9.17, 15) is 9.00 Å². The van der Waals surface area contributed by atoms with Gasteiger partial charge in [0, 0.05) is 22.2 Å². The first-order valence-electron chi connectivity index (χ1n) is 6.08. The molecule has 1 atom stereocenters. The molecule has 0 bridgehead atoms. The third-order valence-electron chi connectivity index (χ3n) is 2.40. The molecule has 0 aliphatic heterocycles. The summed E-state index contributed by atoms with van der Waals surface area (Å²) >= 11 is 1.55. The minimum absolute atomic E-state index is 0.0785. The van der Waals surface area contributed by atoms with Crippen molar-refractivity contribution in [1.82, 2.24) is 10.1 Å². The van der Waals surface area contributed by atoms with E-state index in [1.807, 2.05) is 12.3 Å². The van der Waals surface area contributed by atoms with Crippen LogP contribution in [-0.4, -0.2) is 26.0 Å². The van der Waals surface area contributed by atoms with Crippen molar-refractivity contribution in [1.29, 1.82) is 0 Å². The average molecular weight is 313 g/mol. The standard InChI is InChI=1S/C12H15N3O3S2/c1-3-12-13-9(5-19-12)6-20(17)7-11(16)14-10-4-8(2)18-15-10/h4-5H,3,6-7H2,1-2H3,(H,14,15,16)/t20-/m0/s1. The molecule has 0 saturated carbocycles. The van der Waals surface area contributed by atoms with Crippen molar-refractivity contribution in [3.05, 3.63) is 27.9 Å². The normalized spacial score (nSPS) is 12.3. The van der Waals surface area contributed by atoms with Crippen molar-refractivity contribution >= 4 is 33.9 Å². The van der Waals surface area contributed by atoms with Gasteiger partial charge in [-0.2, -0.15) is 0 Å². The highest BCUT2D eigenvalue weighted by Gasteiger charge is 2.12. The fourth-order valence-electron chi connectivity index (χ4n) is 1.54. The highest BCUT2D eigenvalue weighted by Crippen LogP contribution is 2.12. The molecular weight excluding hydrogens is 298 g/mol. The van der Waals surface area contributed by atoms with Crippen molar-refractivity contribution in [3.8, 4) is 0 Å². The number of aromatic nitrogens is 2. The summed E-state index contributed by atoms with van der Waals surface area (Å²) in [4.78, 5) is 16.0. The average Bonchev–Trinajstić information content (AvgIpc) is 2.98. The molecule has 20 heavy (non-hydrogen) atoms. The molecule has 0 radical (unpaired) electrons. The van der Waals surface area contributed by atoms with Crippen molar-refractivity contribution < 1.29 is 13.5 Å². The van der Waals surface area contributed by atoms with E-state index in [1.165, 1.54) is 0 Å². The summed E-state index contributed by atoms with van der Waals surface area (Å²) in [6.07, 6.45) is 0.864. The Kier molecular flexibility index (Phi) is 5.02. The molecule has 6 nitrogen and oxygen atoms in total. The lowest BCUT2D eigenvalue weighted by Crippen LogP contribution is -2.20. The summed E-state index contributed by atoms with van der Waals surface area (Å²) in [5, 5.41) is 9.08. The topological polar surface area (TPSA) is 85.1 Å². The molecule has 8 heteroatoms. The van der Waals surface area contributed by atoms with Gasteiger partial charge in [-0.05, 0) is 13.3 Å². The Balaban J connectivity index is 1.83. The van der Waals surface area contributed by atoms with E-state index in [4.69, 9.17) is 4.52 Å². The quantitative estimate of drug-likeness (QED) is 0.880. The van der Waals surface area contributed by atoms with Crippen LogP contribution in [0.15, 0.2) is 16.0 Å². The monoisotopic (exact) mass is 313 g/mol. The fourth-order valence-corrected chi connectivity index (χ4v) is 3.34. The summed E-state index contributed by atoms with van der Waals surface area (Å²) in [5.74, 6) is 0.817. The Labute approximate surface area is 123 Å². The number of hydrogen-bond donors (Lipinski definition) is 1. The van der Waals surface area contributed by atoms with E-state index in [0.29, 0.717) is 17.3 Å². The summed E-state index contributed by atoms with van der Waals surface area (Å²) in [7, 11) is -1.28. The molecule has 2 rings (SSSR count). The van der Waals surface area contributed by atoms with Gasteiger partial charge >= 0.3 is 0 Å². The van der Waals surface area contributed by atoms with Crippen molar-refractivity contribution in [3.63, 3.8) is 0 Å². The molecule has 108 valence electrons. The van der Waals surface area contributed by atoms with Crippen molar-refractivity contribution in [2.75, 3.05) is 11.1 Å². The third kappa shape index (κ3) is 4.24. The SMILES string of the molecule is CCc1nc(C[S@](=O)CC(=O)Nc2cc(C)on2)cs1. The van der Waals surface area contributed by atoms with E-state index in [1.54, 1.807) is 24.3 Å². The first-order valence-corrected chi connectivity index (χ1v) is 8.45. The Morgan fingerprint density at radius 2 is 2.35 bits per heavy atom. The Bertz CT molecular complexity index is 621. The molecule has 0 fully saturated rings. The van der Waals surface area contributed by atoms with Crippen LogP contribution in [0.25, 0.3) is 0 Å². The van der Waals surface area contributed by atoms with Gasteiger partial charge < -0.3 is 9.84 Å². The Hall–Kier alpha value is -1.54. The number of thiazole rings is 1. The predicted molar refractivity (Wildman–Crippen MR) is 78.1 cm³/mol. The Morgan fingerprint density at radius 3 is 2.95 bits per heavy atom. The van der Waals surface area contributed by atoms with Gasteiger partial charge in [0.1, 0.15) is 11.5 Å². The lowest BCUT2D eigenvalue weighted by atomic mass is 10.5. The van der Waals surface area contributed by atoms with Crippen LogP contribution in [0.2, 0.25) is 0 Å². The summed E-state index contributed by atoms with van der Waals surface area (Å²) in [6, 6.07) is 1.61. The third-order valence-corrected chi connectivity index (χ3v) is 4.64. The van der Waals surface area contributed by atoms with Crippen LogP contribution in [0, 0.1) is 6.92 Å². The minimum atomic E-state index is -1.28. The molecule has 2 aromatic rings. The first-order chi connectivity index (χ1) is 9.56. The molecule has 2 heterocycles. The maximum absolute atomic E-state index is 11.9. The van der Waals surface area contributed by atoms with Gasteiger partial charge in [-0.25, -0.2) is 4.98 Å². The van der Waals surface area contributed by atoms with Gasteiger partial charge in [0.05, 0.1) is 16.5 Å². The second-order valence-electron chi connectivity index (χ2n) is 4.19. The molecule has 0 unspecified atom stereocenters. The van der Waals surface area contributed by atoms with Gasteiger partial charge in [0.2, 0.25) is 5.91 Å². The molecule has 0 saturated heterocycles. The summed E-state index contributed by atoms with van der Waals surface area (Å²) in [6.45, 7) is 3.75. The van der Waals surface area contributed by atoms with Gasteiger partial charge in [0.15, 0.2) is 5.82 Å². The fraction of sp³-hybridized carbons (Fsp3) is 0.417. The van der Waals surface area contributed by atoms with Crippen LogP contribution in [0.1, 0.15) is 23.4 Å². The summed E-state index contributed by atoms with van der Waals surface area (Å²) in [5.41, 5.74) is 0.773. The van der Waals surface area contributed by atoms with Crippen LogP contribution in [0.3, 0.4) is 0 Å². The highest BCUT2D eigenvalue weighted by atomic mass is 32.2. The van der Waals surface area contributed by atoms with Gasteiger partial charge in [-0.1, -0.05) is 12.1 Å². The number of amides is 1. The van der Waals surface area contributed by atoms with Gasteiger partial charge in [-0.15, -0.1) is 11.3 Å².